The van der Waals surface area contributed by atoms with Crippen LogP contribution in [0, 0.1) is 5.82 Å². The lowest BCUT2D eigenvalue weighted by molar-refractivity contribution is -0.139. The van der Waals surface area contributed by atoms with Gasteiger partial charge in [0.2, 0.25) is 0 Å². The summed E-state index contributed by atoms with van der Waals surface area (Å²) in [7, 11) is 0. The minimum absolute atomic E-state index is 0.0164. The topological polar surface area (TPSA) is 40.5 Å². The first-order chi connectivity index (χ1) is 8.63. The van der Waals surface area contributed by atoms with Crippen molar-refractivity contribution in [2.45, 2.75) is 38.3 Å². The van der Waals surface area contributed by atoms with Crippen LogP contribution in [0.1, 0.15) is 37.8 Å². The summed E-state index contributed by atoms with van der Waals surface area (Å²) in [5, 5.41) is 8.99. The van der Waals surface area contributed by atoms with E-state index in [1.807, 2.05) is 11.8 Å². The normalized spacial score (nSPS) is 16.8. The van der Waals surface area contributed by atoms with Crippen LogP contribution in [0.4, 0.5) is 4.39 Å². The van der Waals surface area contributed by atoms with Gasteiger partial charge in [-0.15, -0.1) is 0 Å². The molecule has 0 aromatic heterocycles. The van der Waals surface area contributed by atoms with Crippen LogP contribution in [0.2, 0.25) is 0 Å². The lowest BCUT2D eigenvalue weighted by Gasteiger charge is -2.30. The van der Waals surface area contributed by atoms with Crippen molar-refractivity contribution >= 4 is 5.97 Å². The minimum Gasteiger partial charge on any atom is -0.480 e. The van der Waals surface area contributed by atoms with Crippen molar-refractivity contribution in [2.24, 2.45) is 0 Å². The quantitative estimate of drug-likeness (QED) is 0.845. The molecule has 2 rings (SSSR count). The molecule has 1 atom stereocenters. The predicted octanol–water partition coefficient (Wildman–Crippen LogP) is 2.83. The maximum atomic E-state index is 13.8. The Kier molecular flexibility index (Phi) is 3.97. The highest BCUT2D eigenvalue weighted by atomic mass is 19.1. The summed E-state index contributed by atoms with van der Waals surface area (Å²) in [6.45, 7) is 1.95. The lowest BCUT2D eigenvalue weighted by Crippen LogP contribution is -2.35. The Morgan fingerprint density at radius 1 is 1.50 bits per heavy atom. The molecule has 3 nitrogen and oxygen atoms in total. The highest BCUT2D eigenvalue weighted by Gasteiger charge is 2.35. The molecule has 1 aliphatic rings. The zero-order valence-electron chi connectivity index (χ0n) is 10.5. The van der Waals surface area contributed by atoms with E-state index in [1.165, 1.54) is 6.07 Å². The van der Waals surface area contributed by atoms with E-state index < -0.39 is 5.97 Å². The number of hydrogen-bond acceptors (Lipinski definition) is 2. The molecule has 1 unspecified atom stereocenters. The monoisotopic (exact) mass is 251 g/mol. The first-order valence-corrected chi connectivity index (χ1v) is 6.35. The molecular formula is C14H18FNO2. The SMILES string of the molecule is CCC(c1ccccc1F)N(CC(=O)O)C1CC1. The second-order valence-electron chi connectivity index (χ2n) is 4.74. The number of rotatable bonds is 6. The Morgan fingerprint density at radius 3 is 2.67 bits per heavy atom. The van der Waals surface area contributed by atoms with Gasteiger partial charge in [0.15, 0.2) is 0 Å². The number of aliphatic carboxylic acids is 1. The van der Waals surface area contributed by atoms with Gasteiger partial charge in [-0.1, -0.05) is 25.1 Å². The van der Waals surface area contributed by atoms with E-state index in [4.69, 9.17) is 5.11 Å². The zero-order chi connectivity index (χ0) is 13.1. The Hall–Kier alpha value is -1.42. The summed E-state index contributed by atoms with van der Waals surface area (Å²) in [5.74, 6) is -1.10. The Balaban J connectivity index is 2.25. The van der Waals surface area contributed by atoms with Crippen molar-refractivity contribution in [3.63, 3.8) is 0 Å². The van der Waals surface area contributed by atoms with Crippen LogP contribution < -0.4 is 0 Å². The molecule has 0 aliphatic heterocycles. The molecule has 1 aromatic carbocycles. The van der Waals surface area contributed by atoms with Gasteiger partial charge in [-0.05, 0) is 25.3 Å². The molecule has 0 radical (unpaired) electrons. The number of hydrogen-bond donors (Lipinski definition) is 1. The largest absolute Gasteiger partial charge is 0.480 e. The van der Waals surface area contributed by atoms with Crippen LogP contribution in [0.25, 0.3) is 0 Å². The van der Waals surface area contributed by atoms with Crippen molar-refractivity contribution < 1.29 is 14.3 Å². The molecule has 1 saturated carbocycles. The molecule has 0 bridgehead atoms. The van der Waals surface area contributed by atoms with Crippen LogP contribution in [0.3, 0.4) is 0 Å². The number of carboxylic acid groups (broad SMARTS) is 1. The number of halogens is 1. The first kappa shape index (κ1) is 13.0. The van der Waals surface area contributed by atoms with E-state index in [0.29, 0.717) is 18.0 Å². The molecule has 1 N–H and O–H groups in total. The fourth-order valence-corrected chi connectivity index (χ4v) is 2.43. The Labute approximate surface area is 106 Å². The highest BCUT2D eigenvalue weighted by Crippen LogP contribution is 2.36. The van der Waals surface area contributed by atoms with Gasteiger partial charge < -0.3 is 5.11 Å². The van der Waals surface area contributed by atoms with E-state index >= 15 is 0 Å². The maximum absolute atomic E-state index is 13.8. The van der Waals surface area contributed by atoms with Crippen molar-refractivity contribution in [1.29, 1.82) is 0 Å². The number of benzene rings is 1. The van der Waals surface area contributed by atoms with Crippen LogP contribution >= 0.6 is 0 Å². The highest BCUT2D eigenvalue weighted by molar-refractivity contribution is 5.69. The van der Waals surface area contributed by atoms with Crippen LogP contribution in [-0.2, 0) is 4.79 Å². The molecule has 0 saturated heterocycles. The smallest absolute Gasteiger partial charge is 0.317 e. The van der Waals surface area contributed by atoms with E-state index in [0.717, 1.165) is 12.8 Å². The zero-order valence-corrected chi connectivity index (χ0v) is 10.5. The van der Waals surface area contributed by atoms with Crippen LogP contribution in [0.5, 0.6) is 0 Å². The lowest BCUT2D eigenvalue weighted by atomic mass is 10.0. The van der Waals surface area contributed by atoms with Gasteiger partial charge in [-0.25, -0.2) is 4.39 Å². The van der Waals surface area contributed by atoms with E-state index in [1.54, 1.807) is 18.2 Å². The van der Waals surface area contributed by atoms with E-state index in [-0.39, 0.29) is 18.4 Å². The Morgan fingerprint density at radius 2 is 2.17 bits per heavy atom. The van der Waals surface area contributed by atoms with Gasteiger partial charge in [0.05, 0.1) is 6.54 Å². The van der Waals surface area contributed by atoms with Crippen molar-refractivity contribution in [2.75, 3.05) is 6.54 Å². The van der Waals surface area contributed by atoms with Gasteiger partial charge >= 0.3 is 5.97 Å². The van der Waals surface area contributed by atoms with Gasteiger partial charge in [0.25, 0.3) is 0 Å². The third-order valence-electron chi connectivity index (χ3n) is 3.38. The summed E-state index contributed by atoms with van der Waals surface area (Å²) >= 11 is 0. The third-order valence-corrected chi connectivity index (χ3v) is 3.38. The van der Waals surface area contributed by atoms with Gasteiger partial charge in [-0.3, -0.25) is 9.69 Å². The molecule has 4 heteroatoms. The van der Waals surface area contributed by atoms with E-state index in [2.05, 4.69) is 0 Å². The van der Waals surface area contributed by atoms with Crippen LogP contribution in [-0.4, -0.2) is 28.6 Å². The molecule has 98 valence electrons. The van der Waals surface area contributed by atoms with Gasteiger partial charge in [0, 0.05) is 17.6 Å². The number of nitrogens with zero attached hydrogens (tertiary/aromatic N) is 1. The fourth-order valence-electron chi connectivity index (χ4n) is 2.43. The summed E-state index contributed by atoms with van der Waals surface area (Å²) in [6.07, 6.45) is 2.74. The average molecular weight is 251 g/mol. The second-order valence-corrected chi connectivity index (χ2v) is 4.74. The molecular weight excluding hydrogens is 233 g/mol. The van der Waals surface area contributed by atoms with Crippen LogP contribution in [0.15, 0.2) is 24.3 Å². The third kappa shape index (κ3) is 2.88. The molecule has 0 spiro atoms. The summed E-state index contributed by atoms with van der Waals surface area (Å²) in [4.78, 5) is 12.9. The molecule has 1 fully saturated rings. The molecule has 1 aliphatic carbocycles. The summed E-state index contributed by atoms with van der Waals surface area (Å²) in [5.41, 5.74) is 0.605. The molecule has 0 heterocycles. The van der Waals surface area contributed by atoms with Crippen molar-refractivity contribution in [1.82, 2.24) is 4.90 Å². The average Bonchev–Trinajstić information content (AvgIpc) is 3.14. The van der Waals surface area contributed by atoms with E-state index in [9.17, 15) is 9.18 Å². The second kappa shape index (κ2) is 5.48. The standard InChI is InChI=1S/C14H18FNO2/c1-2-13(11-5-3-4-6-12(11)15)16(9-14(17)18)10-7-8-10/h3-6,10,13H,2,7-9H2,1H3,(H,17,18). The minimum atomic E-state index is -0.850. The van der Waals surface area contributed by atoms with Crippen molar-refractivity contribution in [3.8, 4) is 0 Å². The molecule has 0 amide bonds. The van der Waals surface area contributed by atoms with Gasteiger partial charge in [-0.2, -0.15) is 0 Å². The number of carboxylic acids is 1. The van der Waals surface area contributed by atoms with Gasteiger partial charge in [0.1, 0.15) is 5.82 Å². The Bertz CT molecular complexity index is 432. The predicted molar refractivity (Wildman–Crippen MR) is 66.8 cm³/mol. The summed E-state index contributed by atoms with van der Waals surface area (Å²) < 4.78 is 13.8. The van der Waals surface area contributed by atoms with Crippen molar-refractivity contribution in [3.05, 3.63) is 35.6 Å². The molecule has 1 aromatic rings. The first-order valence-electron chi connectivity index (χ1n) is 6.35. The summed E-state index contributed by atoms with van der Waals surface area (Å²) in [6, 6.07) is 6.79. The number of carbonyl (C=O) groups is 1. The maximum Gasteiger partial charge on any atom is 0.317 e. The fraction of sp³-hybridized carbons (Fsp3) is 0.500. The molecule has 18 heavy (non-hydrogen) atoms.